The van der Waals surface area contributed by atoms with Gasteiger partial charge in [-0.25, -0.2) is 9.48 Å². The van der Waals surface area contributed by atoms with Crippen LogP contribution in [0.15, 0.2) is 16.8 Å². The average Bonchev–Trinajstić information content (AvgIpc) is 3.70. The van der Waals surface area contributed by atoms with Crippen molar-refractivity contribution >= 4 is 35.5 Å². The normalized spacial score (nSPS) is 30.6. The minimum atomic E-state index is -3.21. The van der Waals surface area contributed by atoms with Gasteiger partial charge in [0.25, 0.3) is 5.91 Å². The molecule has 5 N–H and O–H groups in total. The monoisotopic (exact) mass is 582 g/mol. The second-order valence-corrected chi connectivity index (χ2v) is 12.0. The molecule has 40 heavy (non-hydrogen) atoms. The van der Waals surface area contributed by atoms with Crippen LogP contribution in [0.2, 0.25) is 0 Å². The number of halogens is 2. The Bertz CT molecular complexity index is 1240. The highest BCUT2D eigenvalue weighted by molar-refractivity contribution is 8.03. The fraction of sp³-hybridized carbons (Fsp3) is 0.667. The lowest BCUT2D eigenvalue weighted by molar-refractivity contribution is -0.159. The standard InChI is InChI=1S/C24H32F2N8O5S/c1-10-17-16(11(2)29-21(35)20(25)26)23(37)34(17)18(24(38)39)19(10)40-14-5-15(28-7-14)22(36)32-4-3-13(9-32)33-8-12(6-27)30-31-33/h8,10-11,13-17,20,28H,3-7,9,27H2,1-2H3,(H,29,35)(H,38,39)/t10-,11-,13+,14+,15+,16-,17-/m1/s1. The van der Waals surface area contributed by atoms with Gasteiger partial charge in [0.1, 0.15) is 5.70 Å². The molecule has 0 bridgehead atoms. The van der Waals surface area contributed by atoms with Crippen molar-refractivity contribution in [2.45, 2.75) is 69.1 Å². The first kappa shape index (κ1) is 28.4. The molecule has 5 heterocycles. The highest BCUT2D eigenvalue weighted by atomic mass is 32.2. The highest BCUT2D eigenvalue weighted by Crippen LogP contribution is 2.52. The topological polar surface area (TPSA) is 176 Å². The van der Waals surface area contributed by atoms with E-state index in [0.717, 1.165) is 6.42 Å². The second-order valence-electron chi connectivity index (χ2n) is 10.7. The molecule has 4 aliphatic rings. The number of carbonyl (C=O) groups is 4. The summed E-state index contributed by atoms with van der Waals surface area (Å²) < 4.78 is 27.2. The van der Waals surface area contributed by atoms with E-state index in [0.29, 0.717) is 43.2 Å². The number of rotatable bonds is 9. The van der Waals surface area contributed by atoms with Gasteiger partial charge in [0.05, 0.1) is 35.9 Å². The Kier molecular flexibility index (Phi) is 7.85. The first-order valence-electron chi connectivity index (χ1n) is 13.2. The summed E-state index contributed by atoms with van der Waals surface area (Å²) in [6, 6.07) is -1.84. The van der Waals surface area contributed by atoms with Crippen molar-refractivity contribution in [3.8, 4) is 0 Å². The molecule has 0 aliphatic carbocycles. The number of hydrogen-bond donors (Lipinski definition) is 4. The van der Waals surface area contributed by atoms with Crippen molar-refractivity contribution in [3.63, 3.8) is 0 Å². The van der Waals surface area contributed by atoms with Crippen LogP contribution in [-0.2, 0) is 25.7 Å². The Morgan fingerprint density at radius 3 is 2.75 bits per heavy atom. The maximum absolute atomic E-state index is 13.3. The van der Waals surface area contributed by atoms with Crippen LogP contribution >= 0.6 is 11.8 Å². The zero-order chi connectivity index (χ0) is 28.9. The fourth-order valence-corrected chi connectivity index (χ4v) is 7.68. The molecular weight excluding hydrogens is 550 g/mol. The van der Waals surface area contributed by atoms with Crippen LogP contribution in [-0.4, -0.2) is 103 Å². The first-order valence-corrected chi connectivity index (χ1v) is 14.1. The van der Waals surface area contributed by atoms with Crippen molar-refractivity contribution in [2.24, 2.45) is 17.6 Å². The van der Waals surface area contributed by atoms with Gasteiger partial charge >= 0.3 is 12.4 Å². The number of thioether (sulfide) groups is 1. The largest absolute Gasteiger partial charge is 0.477 e. The van der Waals surface area contributed by atoms with E-state index >= 15 is 0 Å². The van der Waals surface area contributed by atoms with Crippen LogP contribution in [0.1, 0.15) is 38.4 Å². The van der Waals surface area contributed by atoms with Crippen LogP contribution in [0.5, 0.6) is 0 Å². The fourth-order valence-electron chi connectivity index (χ4n) is 6.20. The number of alkyl halides is 2. The summed E-state index contributed by atoms with van der Waals surface area (Å²) in [5, 5.41) is 23.4. The highest BCUT2D eigenvalue weighted by Gasteiger charge is 2.60. The van der Waals surface area contributed by atoms with Crippen molar-refractivity contribution in [1.29, 1.82) is 0 Å². The molecule has 0 saturated carbocycles. The number of hydrogen-bond acceptors (Lipinski definition) is 9. The Morgan fingerprint density at radius 1 is 1.35 bits per heavy atom. The number of fused-ring (bicyclic) bond motifs is 1. The van der Waals surface area contributed by atoms with Crippen LogP contribution in [0.25, 0.3) is 0 Å². The number of amides is 3. The quantitative estimate of drug-likeness (QED) is 0.278. The number of aromatic nitrogens is 3. The smallest absolute Gasteiger partial charge is 0.353 e. The second kappa shape index (κ2) is 11.0. The third-order valence-corrected chi connectivity index (χ3v) is 9.71. The molecule has 0 aromatic carbocycles. The zero-order valence-corrected chi connectivity index (χ0v) is 22.8. The molecule has 0 unspecified atom stereocenters. The summed E-state index contributed by atoms with van der Waals surface area (Å²) in [5.41, 5.74) is 6.18. The van der Waals surface area contributed by atoms with Crippen LogP contribution in [0.3, 0.4) is 0 Å². The van der Waals surface area contributed by atoms with Crippen molar-refractivity contribution in [1.82, 2.24) is 35.4 Å². The van der Waals surface area contributed by atoms with Crippen molar-refractivity contribution in [3.05, 3.63) is 22.5 Å². The predicted molar refractivity (Wildman–Crippen MR) is 137 cm³/mol. The summed E-state index contributed by atoms with van der Waals surface area (Å²) in [4.78, 5) is 53.4. The van der Waals surface area contributed by atoms with Gasteiger partial charge in [-0.3, -0.25) is 14.4 Å². The Hall–Kier alpha value is -3.11. The molecule has 1 aromatic heterocycles. The molecule has 3 amide bonds. The number of aliphatic carboxylic acids is 1. The Balaban J connectivity index is 1.21. The van der Waals surface area contributed by atoms with Crippen LogP contribution < -0.4 is 16.4 Å². The predicted octanol–water partition coefficient (Wildman–Crippen LogP) is -0.483. The molecule has 0 spiro atoms. The maximum Gasteiger partial charge on any atom is 0.353 e. The number of likely N-dealkylation sites (tertiary alicyclic amines) is 1. The van der Waals surface area contributed by atoms with Gasteiger partial charge in [0, 0.05) is 48.3 Å². The number of nitrogens with one attached hydrogen (secondary N) is 2. The van der Waals surface area contributed by atoms with E-state index in [4.69, 9.17) is 5.73 Å². The molecule has 218 valence electrons. The SMILES string of the molecule is C[C@@H](NC(=O)C(F)F)[C@H]1C(=O)N2C(C(=O)O)=C(S[C@@H]3CN[C@H](C(=O)N4CC[C@H](n5cc(CN)nn5)C4)C3)[C@H](C)[C@H]12. The molecule has 3 fully saturated rings. The lowest BCUT2D eigenvalue weighted by Gasteiger charge is -2.47. The summed E-state index contributed by atoms with van der Waals surface area (Å²) in [7, 11) is 0. The van der Waals surface area contributed by atoms with E-state index in [2.05, 4.69) is 20.9 Å². The minimum absolute atomic E-state index is 0.0221. The number of carboxylic acid groups (broad SMARTS) is 1. The first-order chi connectivity index (χ1) is 19.0. The molecule has 13 nitrogen and oxygen atoms in total. The third-order valence-electron chi connectivity index (χ3n) is 8.20. The summed E-state index contributed by atoms with van der Waals surface area (Å²) >= 11 is 1.34. The molecule has 1 aromatic rings. The lowest BCUT2D eigenvalue weighted by Crippen LogP contribution is -2.66. The summed E-state index contributed by atoms with van der Waals surface area (Å²) in [6.07, 6.45) is -0.185. The molecule has 4 aliphatic heterocycles. The van der Waals surface area contributed by atoms with Gasteiger partial charge in [-0.05, 0) is 19.8 Å². The van der Waals surface area contributed by atoms with Gasteiger partial charge in [-0.15, -0.1) is 16.9 Å². The van der Waals surface area contributed by atoms with Gasteiger partial charge in [-0.1, -0.05) is 12.1 Å². The molecule has 16 heteroatoms. The van der Waals surface area contributed by atoms with Gasteiger partial charge in [0.15, 0.2) is 0 Å². The molecule has 7 atom stereocenters. The third kappa shape index (κ3) is 4.96. The van der Waals surface area contributed by atoms with Gasteiger partial charge in [0.2, 0.25) is 11.8 Å². The number of nitrogens with two attached hydrogens (primary N) is 1. The maximum atomic E-state index is 13.3. The minimum Gasteiger partial charge on any atom is -0.477 e. The van der Waals surface area contributed by atoms with E-state index in [9.17, 15) is 33.1 Å². The zero-order valence-electron chi connectivity index (χ0n) is 22.0. The number of carbonyl (C=O) groups excluding carboxylic acids is 3. The number of carboxylic acids is 1. The molecular formula is C24H32F2N8O5S. The molecule has 3 saturated heterocycles. The van der Waals surface area contributed by atoms with Crippen molar-refractivity contribution in [2.75, 3.05) is 19.6 Å². The van der Waals surface area contributed by atoms with E-state index in [-0.39, 0.29) is 28.8 Å². The average molecular weight is 583 g/mol. The van der Waals surface area contributed by atoms with Crippen LogP contribution in [0.4, 0.5) is 8.78 Å². The van der Waals surface area contributed by atoms with E-state index in [1.165, 1.54) is 23.6 Å². The Morgan fingerprint density at radius 2 is 2.10 bits per heavy atom. The van der Waals surface area contributed by atoms with Crippen molar-refractivity contribution < 1.29 is 33.1 Å². The Labute approximate surface area is 232 Å². The lowest BCUT2D eigenvalue weighted by atomic mass is 9.78. The number of β-lactam (4-membered cyclic amide) rings is 1. The summed E-state index contributed by atoms with van der Waals surface area (Å²) in [6.45, 7) is 5.14. The van der Waals surface area contributed by atoms with E-state index < -0.39 is 48.3 Å². The molecule has 5 rings (SSSR count). The van der Waals surface area contributed by atoms with Gasteiger partial charge in [-0.2, -0.15) is 8.78 Å². The van der Waals surface area contributed by atoms with E-state index in [1.807, 2.05) is 0 Å². The number of nitrogens with zero attached hydrogens (tertiary/aromatic N) is 5. The van der Waals surface area contributed by atoms with Crippen LogP contribution in [0, 0.1) is 11.8 Å². The molecule has 0 radical (unpaired) electrons. The van der Waals surface area contributed by atoms with Gasteiger partial charge < -0.3 is 31.3 Å². The summed E-state index contributed by atoms with van der Waals surface area (Å²) in [5.74, 6) is -4.45. The van der Waals surface area contributed by atoms with E-state index in [1.54, 1.807) is 22.7 Å².